The molecular formula is C25H33N3O4. The Hall–Kier alpha value is -3.35. The molecule has 0 aliphatic heterocycles. The number of benzene rings is 2. The molecule has 3 amide bonds. The van der Waals surface area contributed by atoms with Crippen molar-refractivity contribution in [1.82, 2.24) is 16.0 Å². The molecule has 0 unspecified atom stereocenters. The maximum absolute atomic E-state index is 13.1. The average molecular weight is 440 g/mol. The first-order valence-corrected chi connectivity index (χ1v) is 10.8. The topological polar surface area (TPSA) is 96.5 Å². The third kappa shape index (κ3) is 8.79. The van der Waals surface area contributed by atoms with E-state index in [0.29, 0.717) is 19.3 Å². The molecule has 0 saturated carbocycles. The number of likely N-dealkylation sites (N-methyl/N-ethyl adjacent to an activating group) is 1. The van der Waals surface area contributed by atoms with Gasteiger partial charge in [-0.3, -0.25) is 9.59 Å². The number of carbonyl (C=O) groups is 3. The minimum absolute atomic E-state index is 0.304. The van der Waals surface area contributed by atoms with Gasteiger partial charge in [0, 0.05) is 13.5 Å². The molecule has 3 N–H and O–H groups in total. The summed E-state index contributed by atoms with van der Waals surface area (Å²) in [5.74, 6) is -0.738. The summed E-state index contributed by atoms with van der Waals surface area (Å²) in [7, 11) is 1.53. The van der Waals surface area contributed by atoms with Crippen LogP contribution in [0.3, 0.4) is 0 Å². The van der Waals surface area contributed by atoms with Crippen molar-refractivity contribution in [3.8, 4) is 0 Å². The molecule has 32 heavy (non-hydrogen) atoms. The molecule has 0 bridgehead atoms. The van der Waals surface area contributed by atoms with Crippen molar-refractivity contribution >= 4 is 17.9 Å². The number of hydrogen-bond donors (Lipinski definition) is 3. The number of alkyl carbamates (subject to hydrolysis) is 1. The molecule has 0 fully saturated rings. The van der Waals surface area contributed by atoms with Crippen molar-refractivity contribution in [2.75, 3.05) is 7.05 Å². The Kier molecular flexibility index (Phi) is 9.25. The SMILES string of the molecule is CNC(=O)[C@H](Cc1ccccc1)NC(=O)[C@H](CCc1ccccc1)NC(=O)OC(C)(C)C. The fourth-order valence-corrected chi connectivity index (χ4v) is 3.18. The summed E-state index contributed by atoms with van der Waals surface area (Å²) >= 11 is 0. The fraction of sp³-hybridized carbons (Fsp3) is 0.400. The standard InChI is InChI=1S/C25H33N3O4/c1-25(2,3)32-24(31)28-20(16-15-18-11-7-5-8-12-18)23(30)27-21(22(29)26-4)17-19-13-9-6-10-14-19/h5-14,20-21H,15-17H2,1-4H3,(H,26,29)(H,27,30)(H,28,31)/t20-,21-/m0/s1. The van der Waals surface area contributed by atoms with E-state index in [0.717, 1.165) is 11.1 Å². The maximum atomic E-state index is 13.1. The normalized spacial score (nSPS) is 12.9. The van der Waals surface area contributed by atoms with Crippen LogP contribution in [0.5, 0.6) is 0 Å². The zero-order chi connectivity index (χ0) is 23.6. The summed E-state index contributed by atoms with van der Waals surface area (Å²) in [5, 5.41) is 8.06. The van der Waals surface area contributed by atoms with Crippen LogP contribution in [0.2, 0.25) is 0 Å². The molecule has 0 aromatic heterocycles. The largest absolute Gasteiger partial charge is 0.444 e. The van der Waals surface area contributed by atoms with E-state index < -0.39 is 29.7 Å². The summed E-state index contributed by atoms with van der Waals surface area (Å²) in [6.45, 7) is 5.27. The number of hydrogen-bond acceptors (Lipinski definition) is 4. The third-order valence-corrected chi connectivity index (χ3v) is 4.73. The maximum Gasteiger partial charge on any atom is 0.408 e. The highest BCUT2D eigenvalue weighted by Gasteiger charge is 2.28. The summed E-state index contributed by atoms with van der Waals surface area (Å²) in [5.41, 5.74) is 1.27. The summed E-state index contributed by atoms with van der Waals surface area (Å²) < 4.78 is 5.33. The van der Waals surface area contributed by atoms with Crippen molar-refractivity contribution < 1.29 is 19.1 Å². The molecule has 2 aromatic rings. The first-order valence-electron chi connectivity index (χ1n) is 10.8. The predicted molar refractivity (Wildman–Crippen MR) is 124 cm³/mol. The molecule has 0 saturated heterocycles. The Labute approximate surface area is 189 Å². The van der Waals surface area contributed by atoms with Gasteiger partial charge < -0.3 is 20.7 Å². The van der Waals surface area contributed by atoms with Crippen LogP contribution < -0.4 is 16.0 Å². The number of amides is 3. The molecule has 0 aliphatic rings. The molecule has 2 atom stereocenters. The van der Waals surface area contributed by atoms with Crippen LogP contribution in [0.1, 0.15) is 38.3 Å². The monoisotopic (exact) mass is 439 g/mol. The Morgan fingerprint density at radius 2 is 1.38 bits per heavy atom. The molecule has 0 spiro atoms. The van der Waals surface area contributed by atoms with Crippen LogP contribution in [0.15, 0.2) is 60.7 Å². The van der Waals surface area contributed by atoms with E-state index in [2.05, 4.69) is 16.0 Å². The van der Waals surface area contributed by atoms with E-state index >= 15 is 0 Å². The second-order valence-electron chi connectivity index (χ2n) is 8.59. The zero-order valence-electron chi connectivity index (χ0n) is 19.2. The zero-order valence-corrected chi connectivity index (χ0v) is 19.2. The Morgan fingerprint density at radius 1 is 0.812 bits per heavy atom. The van der Waals surface area contributed by atoms with Gasteiger partial charge in [-0.05, 0) is 44.7 Å². The minimum Gasteiger partial charge on any atom is -0.444 e. The van der Waals surface area contributed by atoms with Gasteiger partial charge in [-0.2, -0.15) is 0 Å². The molecule has 2 rings (SSSR count). The number of aryl methyl sites for hydroxylation is 1. The second kappa shape index (κ2) is 11.9. The summed E-state index contributed by atoms with van der Waals surface area (Å²) in [6, 6.07) is 17.5. The van der Waals surface area contributed by atoms with E-state index in [1.807, 2.05) is 60.7 Å². The van der Waals surface area contributed by atoms with Crippen LogP contribution in [-0.4, -0.2) is 42.6 Å². The highest BCUT2D eigenvalue weighted by molar-refractivity contribution is 5.91. The second-order valence-corrected chi connectivity index (χ2v) is 8.59. The van der Waals surface area contributed by atoms with Gasteiger partial charge in [0.15, 0.2) is 0 Å². The van der Waals surface area contributed by atoms with E-state index in [1.54, 1.807) is 20.8 Å². The van der Waals surface area contributed by atoms with Crippen molar-refractivity contribution in [3.05, 3.63) is 71.8 Å². The van der Waals surface area contributed by atoms with Crippen molar-refractivity contribution in [2.24, 2.45) is 0 Å². The predicted octanol–water partition coefficient (Wildman–Crippen LogP) is 2.99. The molecule has 7 nitrogen and oxygen atoms in total. The lowest BCUT2D eigenvalue weighted by atomic mass is 10.0. The summed E-state index contributed by atoms with van der Waals surface area (Å²) in [4.78, 5) is 37.9. The highest BCUT2D eigenvalue weighted by atomic mass is 16.6. The first-order chi connectivity index (χ1) is 15.2. The van der Waals surface area contributed by atoms with Crippen molar-refractivity contribution in [2.45, 2.75) is 57.7 Å². The van der Waals surface area contributed by atoms with E-state index in [9.17, 15) is 14.4 Å². The molecule has 0 aliphatic carbocycles. The minimum atomic E-state index is -0.854. The number of nitrogens with one attached hydrogen (secondary N) is 3. The van der Waals surface area contributed by atoms with Gasteiger partial charge in [0.05, 0.1) is 0 Å². The average Bonchev–Trinajstić information content (AvgIpc) is 2.75. The number of carbonyl (C=O) groups excluding carboxylic acids is 3. The molecule has 0 heterocycles. The Morgan fingerprint density at radius 3 is 1.91 bits per heavy atom. The van der Waals surface area contributed by atoms with Gasteiger partial charge in [-0.25, -0.2) is 4.79 Å². The lowest BCUT2D eigenvalue weighted by molar-refractivity contribution is -0.129. The molecule has 172 valence electrons. The third-order valence-electron chi connectivity index (χ3n) is 4.73. The van der Waals surface area contributed by atoms with Crippen LogP contribution in [0.4, 0.5) is 4.79 Å². The summed E-state index contributed by atoms with van der Waals surface area (Å²) in [6.07, 6.45) is 0.605. The van der Waals surface area contributed by atoms with Gasteiger partial charge in [-0.1, -0.05) is 60.7 Å². The van der Waals surface area contributed by atoms with Crippen LogP contribution in [0.25, 0.3) is 0 Å². The van der Waals surface area contributed by atoms with Crippen LogP contribution in [0, 0.1) is 0 Å². The fourth-order valence-electron chi connectivity index (χ4n) is 3.18. The lowest BCUT2D eigenvalue weighted by Gasteiger charge is -2.25. The quantitative estimate of drug-likeness (QED) is 0.560. The molecule has 2 aromatic carbocycles. The first kappa shape index (κ1) is 24.9. The molecule has 0 radical (unpaired) electrons. The Bertz CT molecular complexity index is 879. The van der Waals surface area contributed by atoms with Crippen LogP contribution in [-0.2, 0) is 27.2 Å². The highest BCUT2D eigenvalue weighted by Crippen LogP contribution is 2.10. The van der Waals surface area contributed by atoms with E-state index in [4.69, 9.17) is 4.74 Å². The van der Waals surface area contributed by atoms with Gasteiger partial charge in [0.1, 0.15) is 17.7 Å². The van der Waals surface area contributed by atoms with E-state index in [-0.39, 0.29) is 5.91 Å². The lowest BCUT2D eigenvalue weighted by Crippen LogP contribution is -2.54. The Balaban J connectivity index is 2.13. The molecular weight excluding hydrogens is 406 g/mol. The van der Waals surface area contributed by atoms with Gasteiger partial charge in [-0.15, -0.1) is 0 Å². The van der Waals surface area contributed by atoms with Gasteiger partial charge >= 0.3 is 6.09 Å². The van der Waals surface area contributed by atoms with E-state index in [1.165, 1.54) is 7.05 Å². The smallest absolute Gasteiger partial charge is 0.408 e. The van der Waals surface area contributed by atoms with Gasteiger partial charge in [0.2, 0.25) is 11.8 Å². The molecule has 7 heteroatoms. The van der Waals surface area contributed by atoms with Crippen molar-refractivity contribution in [1.29, 1.82) is 0 Å². The van der Waals surface area contributed by atoms with Crippen molar-refractivity contribution in [3.63, 3.8) is 0 Å². The van der Waals surface area contributed by atoms with Crippen LogP contribution >= 0.6 is 0 Å². The van der Waals surface area contributed by atoms with Gasteiger partial charge in [0.25, 0.3) is 0 Å². The number of ether oxygens (including phenoxy) is 1. The number of rotatable bonds is 9.